The Balaban J connectivity index is 1.72. The predicted octanol–water partition coefficient (Wildman–Crippen LogP) is 1.63. The molecule has 1 fully saturated rings. The van der Waals surface area contributed by atoms with Crippen LogP contribution in [0.2, 0.25) is 0 Å². The second-order valence-corrected chi connectivity index (χ2v) is 5.52. The maximum Gasteiger partial charge on any atom is 0.331 e. The summed E-state index contributed by atoms with van der Waals surface area (Å²) in [7, 11) is 0. The van der Waals surface area contributed by atoms with E-state index in [-0.39, 0.29) is 17.3 Å². The number of carbonyl (C=O) groups excluding carboxylic acids is 1. The van der Waals surface area contributed by atoms with Gasteiger partial charge in [-0.3, -0.25) is 9.36 Å². The van der Waals surface area contributed by atoms with Gasteiger partial charge in [0.25, 0.3) is 5.56 Å². The van der Waals surface area contributed by atoms with E-state index in [0.717, 1.165) is 44.6 Å². The van der Waals surface area contributed by atoms with Crippen molar-refractivity contribution in [3.63, 3.8) is 0 Å². The SMILES string of the molecule is C=CC(=O)OCCCCCCn1ccc(=O)n(C2CC2)c1=O. The van der Waals surface area contributed by atoms with Gasteiger partial charge in [0.1, 0.15) is 0 Å². The molecule has 0 unspecified atom stereocenters. The highest BCUT2D eigenvalue weighted by Crippen LogP contribution is 2.31. The third kappa shape index (κ3) is 4.44. The van der Waals surface area contributed by atoms with Gasteiger partial charge in [0, 0.05) is 30.9 Å². The van der Waals surface area contributed by atoms with Gasteiger partial charge in [-0.05, 0) is 32.1 Å². The lowest BCUT2D eigenvalue weighted by molar-refractivity contribution is -0.137. The second-order valence-electron chi connectivity index (χ2n) is 5.52. The van der Waals surface area contributed by atoms with Crippen molar-refractivity contribution in [3.8, 4) is 0 Å². The van der Waals surface area contributed by atoms with Gasteiger partial charge in [-0.2, -0.15) is 0 Å². The van der Waals surface area contributed by atoms with Crippen molar-refractivity contribution < 1.29 is 9.53 Å². The molecule has 22 heavy (non-hydrogen) atoms. The van der Waals surface area contributed by atoms with Crippen LogP contribution in [0, 0.1) is 0 Å². The largest absolute Gasteiger partial charge is 0.463 e. The summed E-state index contributed by atoms with van der Waals surface area (Å²) < 4.78 is 7.87. The fourth-order valence-electron chi connectivity index (χ4n) is 2.34. The van der Waals surface area contributed by atoms with Crippen LogP contribution in [0.4, 0.5) is 0 Å². The molecule has 0 N–H and O–H groups in total. The number of ether oxygens (including phenoxy) is 1. The van der Waals surface area contributed by atoms with Gasteiger partial charge < -0.3 is 9.30 Å². The van der Waals surface area contributed by atoms with Crippen molar-refractivity contribution in [1.29, 1.82) is 0 Å². The Hall–Kier alpha value is -2.11. The van der Waals surface area contributed by atoms with Crippen LogP contribution < -0.4 is 11.2 Å². The maximum absolute atomic E-state index is 12.2. The number of rotatable bonds is 9. The molecule has 0 amide bonds. The van der Waals surface area contributed by atoms with Crippen LogP contribution in [0.25, 0.3) is 0 Å². The van der Waals surface area contributed by atoms with Gasteiger partial charge >= 0.3 is 11.7 Å². The lowest BCUT2D eigenvalue weighted by Crippen LogP contribution is -2.38. The van der Waals surface area contributed by atoms with Crippen LogP contribution in [-0.4, -0.2) is 21.7 Å². The first-order chi connectivity index (χ1) is 10.6. The lowest BCUT2D eigenvalue weighted by Gasteiger charge is -2.09. The highest BCUT2D eigenvalue weighted by atomic mass is 16.5. The number of hydrogen-bond donors (Lipinski definition) is 0. The zero-order valence-corrected chi connectivity index (χ0v) is 12.7. The monoisotopic (exact) mass is 306 g/mol. The van der Waals surface area contributed by atoms with E-state index >= 15 is 0 Å². The minimum atomic E-state index is -0.395. The van der Waals surface area contributed by atoms with E-state index < -0.39 is 5.97 Å². The molecule has 6 nitrogen and oxygen atoms in total. The Kier molecular flexibility index (Phi) is 5.75. The first-order valence-corrected chi connectivity index (χ1v) is 7.74. The Morgan fingerprint density at radius 2 is 2.00 bits per heavy atom. The number of nitrogens with zero attached hydrogens (tertiary/aromatic N) is 2. The third-order valence-corrected chi connectivity index (χ3v) is 3.70. The normalized spacial score (nSPS) is 13.8. The number of hydrogen-bond acceptors (Lipinski definition) is 4. The van der Waals surface area contributed by atoms with Gasteiger partial charge in [0.2, 0.25) is 0 Å². The highest BCUT2D eigenvalue weighted by Gasteiger charge is 2.26. The molecule has 120 valence electrons. The smallest absolute Gasteiger partial charge is 0.331 e. The summed E-state index contributed by atoms with van der Waals surface area (Å²) in [5.74, 6) is -0.395. The highest BCUT2D eigenvalue weighted by molar-refractivity contribution is 5.81. The maximum atomic E-state index is 12.2. The molecule has 0 spiro atoms. The van der Waals surface area contributed by atoms with Crippen LogP contribution in [0.15, 0.2) is 34.5 Å². The molecular weight excluding hydrogens is 284 g/mol. The molecular formula is C16H22N2O4. The average molecular weight is 306 g/mol. The van der Waals surface area contributed by atoms with Gasteiger partial charge in [-0.15, -0.1) is 0 Å². The summed E-state index contributed by atoms with van der Waals surface area (Å²) in [5, 5.41) is 0. The van der Waals surface area contributed by atoms with E-state index in [1.54, 1.807) is 10.8 Å². The Bertz CT molecular complexity index is 640. The Morgan fingerprint density at radius 3 is 2.68 bits per heavy atom. The number of esters is 1. The van der Waals surface area contributed by atoms with Gasteiger partial charge in [0.15, 0.2) is 0 Å². The molecule has 1 aromatic rings. The molecule has 1 saturated carbocycles. The number of aromatic nitrogens is 2. The summed E-state index contributed by atoms with van der Waals surface area (Å²) >= 11 is 0. The van der Waals surface area contributed by atoms with Crippen molar-refractivity contribution in [1.82, 2.24) is 9.13 Å². The minimum absolute atomic E-state index is 0.104. The van der Waals surface area contributed by atoms with E-state index in [0.29, 0.717) is 13.2 Å². The standard InChI is InChI=1S/C16H22N2O4/c1-2-15(20)22-12-6-4-3-5-10-17-11-9-14(19)18(16(17)21)13-7-8-13/h2,9,11,13H,1,3-8,10,12H2. The van der Waals surface area contributed by atoms with Crippen LogP contribution >= 0.6 is 0 Å². The van der Waals surface area contributed by atoms with E-state index in [1.165, 1.54) is 10.6 Å². The summed E-state index contributed by atoms with van der Waals surface area (Å²) in [4.78, 5) is 34.7. The molecule has 0 radical (unpaired) electrons. The summed E-state index contributed by atoms with van der Waals surface area (Å²) in [5.41, 5.74) is -0.400. The summed E-state index contributed by atoms with van der Waals surface area (Å²) in [6.07, 6.45) is 8.11. The minimum Gasteiger partial charge on any atom is -0.463 e. The van der Waals surface area contributed by atoms with Crippen LogP contribution in [0.1, 0.15) is 44.6 Å². The number of unbranched alkanes of at least 4 members (excludes halogenated alkanes) is 3. The van der Waals surface area contributed by atoms with Crippen LogP contribution in [0.3, 0.4) is 0 Å². The zero-order chi connectivity index (χ0) is 15.9. The first-order valence-electron chi connectivity index (χ1n) is 7.74. The molecule has 0 saturated heterocycles. The molecule has 0 aliphatic heterocycles. The summed E-state index contributed by atoms with van der Waals surface area (Å²) in [6.45, 7) is 4.34. The Morgan fingerprint density at radius 1 is 1.27 bits per heavy atom. The van der Waals surface area contributed by atoms with Crippen molar-refractivity contribution in [2.24, 2.45) is 0 Å². The summed E-state index contributed by atoms with van der Waals surface area (Å²) in [6, 6.07) is 1.57. The second kappa shape index (κ2) is 7.77. The number of carbonyl (C=O) groups is 1. The fourth-order valence-corrected chi connectivity index (χ4v) is 2.34. The molecule has 0 atom stereocenters. The quantitative estimate of drug-likeness (QED) is 0.395. The molecule has 0 aromatic carbocycles. The molecule has 6 heteroatoms. The lowest BCUT2D eigenvalue weighted by atomic mass is 10.2. The van der Waals surface area contributed by atoms with E-state index in [9.17, 15) is 14.4 Å². The van der Waals surface area contributed by atoms with Crippen molar-refractivity contribution >= 4 is 5.97 Å². The average Bonchev–Trinajstić information content (AvgIpc) is 3.32. The molecule has 1 heterocycles. The van der Waals surface area contributed by atoms with E-state index in [1.807, 2.05) is 0 Å². The van der Waals surface area contributed by atoms with Gasteiger partial charge in [-0.1, -0.05) is 13.0 Å². The molecule has 1 aliphatic carbocycles. The first kappa shape index (κ1) is 16.3. The molecule has 2 rings (SSSR count). The van der Waals surface area contributed by atoms with Crippen molar-refractivity contribution in [2.45, 2.75) is 51.1 Å². The van der Waals surface area contributed by atoms with E-state index in [4.69, 9.17) is 4.74 Å². The van der Waals surface area contributed by atoms with Gasteiger partial charge in [-0.25, -0.2) is 9.59 Å². The Labute approximate surface area is 129 Å². The third-order valence-electron chi connectivity index (χ3n) is 3.70. The topological polar surface area (TPSA) is 70.3 Å². The zero-order valence-electron chi connectivity index (χ0n) is 12.7. The predicted molar refractivity (Wildman–Crippen MR) is 82.9 cm³/mol. The van der Waals surface area contributed by atoms with Crippen molar-refractivity contribution in [2.75, 3.05) is 6.61 Å². The van der Waals surface area contributed by atoms with Crippen LogP contribution in [0.5, 0.6) is 0 Å². The molecule has 1 aromatic heterocycles. The van der Waals surface area contributed by atoms with Gasteiger partial charge in [0.05, 0.1) is 6.61 Å². The fraction of sp³-hybridized carbons (Fsp3) is 0.562. The van der Waals surface area contributed by atoms with Crippen molar-refractivity contribution in [3.05, 3.63) is 45.8 Å². The van der Waals surface area contributed by atoms with Crippen LogP contribution in [-0.2, 0) is 16.1 Å². The number of aryl methyl sites for hydroxylation is 1. The molecule has 1 aliphatic rings. The van der Waals surface area contributed by atoms with E-state index in [2.05, 4.69) is 6.58 Å². The molecule has 0 bridgehead atoms.